The van der Waals surface area contributed by atoms with Gasteiger partial charge in [-0.15, -0.1) is 11.6 Å². The second-order valence-electron chi connectivity index (χ2n) is 6.01. The minimum atomic E-state index is 1.02. The normalized spacial score (nSPS) is 12.0. The van der Waals surface area contributed by atoms with E-state index in [-0.39, 0.29) is 0 Å². The standard InChI is InChI=1S/C15H24.C7H8.CH3Cl/c1-2-3-4-5-6-7-9-12-15-13-10-8-11-14-15;1-7-5-3-2-4-6-7;1-2/h8,10-11,13-14H,2-7,9,12H2,1H3;2-5H,1,6H2;1H3. The van der Waals surface area contributed by atoms with Crippen LogP contribution in [0.2, 0.25) is 0 Å². The fraction of sp³-hybridized carbons (Fsp3) is 0.478. The molecule has 0 radical (unpaired) electrons. The first-order valence-electron chi connectivity index (χ1n) is 9.25. The van der Waals surface area contributed by atoms with Crippen molar-refractivity contribution in [2.24, 2.45) is 0 Å². The molecule has 0 fully saturated rings. The molecule has 0 nitrogen and oxygen atoms in total. The fourth-order valence-electron chi connectivity index (χ4n) is 2.49. The van der Waals surface area contributed by atoms with Gasteiger partial charge in [0.1, 0.15) is 0 Å². The lowest BCUT2D eigenvalue weighted by Crippen LogP contribution is -1.85. The monoisotopic (exact) mass is 346 g/mol. The van der Waals surface area contributed by atoms with Crippen LogP contribution in [0.4, 0.5) is 0 Å². The second kappa shape index (κ2) is 18.1. The summed E-state index contributed by atoms with van der Waals surface area (Å²) in [4.78, 5) is 0. The van der Waals surface area contributed by atoms with Crippen LogP contribution in [-0.4, -0.2) is 6.38 Å². The molecule has 0 unspecified atom stereocenters. The van der Waals surface area contributed by atoms with Gasteiger partial charge in [-0.3, -0.25) is 0 Å². The fourth-order valence-corrected chi connectivity index (χ4v) is 2.49. The van der Waals surface area contributed by atoms with E-state index in [4.69, 9.17) is 0 Å². The molecule has 0 heterocycles. The van der Waals surface area contributed by atoms with Gasteiger partial charge in [-0.05, 0) is 24.8 Å². The maximum absolute atomic E-state index is 4.64. The number of hydrogen-bond donors (Lipinski definition) is 0. The molecule has 1 aromatic rings. The number of hydrogen-bond acceptors (Lipinski definition) is 0. The zero-order valence-electron chi connectivity index (χ0n) is 15.6. The van der Waals surface area contributed by atoms with Crippen LogP contribution in [0.3, 0.4) is 0 Å². The Balaban J connectivity index is 0.000000488. The van der Waals surface area contributed by atoms with Gasteiger partial charge in [-0.2, -0.15) is 0 Å². The van der Waals surface area contributed by atoms with E-state index in [1.807, 2.05) is 18.2 Å². The van der Waals surface area contributed by atoms with Crippen LogP contribution in [0.1, 0.15) is 63.9 Å². The number of alkyl halides is 1. The van der Waals surface area contributed by atoms with Crippen LogP contribution < -0.4 is 0 Å². The Morgan fingerprint density at radius 1 is 0.875 bits per heavy atom. The largest absolute Gasteiger partial charge is 0.130 e. The van der Waals surface area contributed by atoms with Gasteiger partial charge in [0.25, 0.3) is 0 Å². The van der Waals surface area contributed by atoms with E-state index in [2.05, 4.69) is 61.5 Å². The van der Waals surface area contributed by atoms with Gasteiger partial charge in [-0.1, -0.05) is 112 Å². The number of rotatable bonds is 8. The molecule has 24 heavy (non-hydrogen) atoms. The van der Waals surface area contributed by atoms with Crippen molar-refractivity contribution < 1.29 is 0 Å². The Hall–Kier alpha value is -1.27. The van der Waals surface area contributed by atoms with Crippen molar-refractivity contribution in [3.8, 4) is 0 Å². The summed E-state index contributed by atoms with van der Waals surface area (Å²) in [7, 11) is 0. The third-order valence-corrected chi connectivity index (χ3v) is 3.87. The number of allylic oxidation sites excluding steroid dienone is 5. The minimum absolute atomic E-state index is 1.02. The van der Waals surface area contributed by atoms with E-state index in [0.29, 0.717) is 0 Å². The summed E-state index contributed by atoms with van der Waals surface area (Å²) in [5.41, 5.74) is 2.69. The highest BCUT2D eigenvalue weighted by atomic mass is 35.5. The topological polar surface area (TPSA) is 0 Å². The number of benzene rings is 1. The van der Waals surface area contributed by atoms with E-state index in [0.717, 1.165) is 6.42 Å². The Morgan fingerprint density at radius 3 is 2.00 bits per heavy atom. The number of unbranched alkanes of at least 4 members (excludes halogenated alkanes) is 6. The SMILES string of the molecule is C=C1C=CC=CC1.CCCCCCCCCc1ccccc1.CCl. The maximum Gasteiger partial charge on any atom is 0.0108 e. The van der Waals surface area contributed by atoms with Crippen LogP contribution in [-0.2, 0) is 6.42 Å². The molecule has 0 saturated carbocycles. The van der Waals surface area contributed by atoms with Crippen molar-refractivity contribution in [1.29, 1.82) is 0 Å². The van der Waals surface area contributed by atoms with Crippen molar-refractivity contribution in [2.45, 2.75) is 64.7 Å². The highest BCUT2D eigenvalue weighted by molar-refractivity contribution is 6.15. The third-order valence-electron chi connectivity index (χ3n) is 3.87. The van der Waals surface area contributed by atoms with Crippen LogP contribution in [0.5, 0.6) is 0 Å². The first-order valence-corrected chi connectivity index (χ1v) is 10.0. The Morgan fingerprint density at radius 2 is 1.50 bits per heavy atom. The lowest BCUT2D eigenvalue weighted by Gasteiger charge is -2.01. The summed E-state index contributed by atoms with van der Waals surface area (Å²) < 4.78 is 0. The van der Waals surface area contributed by atoms with Crippen LogP contribution in [0.25, 0.3) is 0 Å². The van der Waals surface area contributed by atoms with E-state index in [1.54, 1.807) is 0 Å². The molecular formula is C23H35Cl. The quantitative estimate of drug-likeness (QED) is 0.331. The smallest absolute Gasteiger partial charge is 0.0108 e. The van der Waals surface area contributed by atoms with Crippen molar-refractivity contribution in [1.82, 2.24) is 0 Å². The molecule has 0 aliphatic heterocycles. The number of halogens is 1. The first kappa shape index (κ1) is 22.7. The molecule has 0 aromatic heterocycles. The predicted octanol–water partition coefficient (Wildman–Crippen LogP) is 7.89. The molecule has 1 aliphatic rings. The van der Waals surface area contributed by atoms with E-state index < -0.39 is 0 Å². The molecule has 0 saturated heterocycles. The lowest BCUT2D eigenvalue weighted by molar-refractivity contribution is 0.589. The maximum atomic E-state index is 4.64. The summed E-state index contributed by atoms with van der Waals surface area (Å²) in [6.45, 7) is 6.05. The highest BCUT2D eigenvalue weighted by Gasteiger charge is 1.93. The Bertz CT molecular complexity index is 442. The van der Waals surface area contributed by atoms with Crippen molar-refractivity contribution in [3.05, 3.63) is 72.4 Å². The minimum Gasteiger partial charge on any atom is -0.130 e. The summed E-state index contributed by atoms with van der Waals surface area (Å²) in [5, 5.41) is 0. The Kier molecular flexibility index (Phi) is 17.1. The van der Waals surface area contributed by atoms with E-state index >= 15 is 0 Å². The molecule has 134 valence electrons. The van der Waals surface area contributed by atoms with Gasteiger partial charge in [0.05, 0.1) is 0 Å². The van der Waals surface area contributed by atoms with Crippen LogP contribution >= 0.6 is 11.6 Å². The Labute approximate surface area is 155 Å². The predicted molar refractivity (Wildman–Crippen MR) is 112 cm³/mol. The molecule has 0 bridgehead atoms. The molecular weight excluding hydrogens is 312 g/mol. The first-order chi connectivity index (χ1) is 11.8. The van der Waals surface area contributed by atoms with Crippen LogP contribution in [0.15, 0.2) is 66.8 Å². The highest BCUT2D eigenvalue weighted by Crippen LogP contribution is 2.10. The number of aryl methyl sites for hydroxylation is 1. The van der Waals surface area contributed by atoms with Crippen molar-refractivity contribution in [2.75, 3.05) is 6.38 Å². The average molecular weight is 347 g/mol. The van der Waals surface area contributed by atoms with Gasteiger partial charge in [-0.25, -0.2) is 0 Å². The van der Waals surface area contributed by atoms with Gasteiger partial charge < -0.3 is 0 Å². The molecule has 0 amide bonds. The van der Waals surface area contributed by atoms with Gasteiger partial charge in [0.15, 0.2) is 0 Å². The molecule has 1 aromatic carbocycles. The molecule has 2 rings (SSSR count). The van der Waals surface area contributed by atoms with Crippen molar-refractivity contribution in [3.63, 3.8) is 0 Å². The average Bonchev–Trinajstić information content (AvgIpc) is 2.65. The summed E-state index contributed by atoms with van der Waals surface area (Å²) in [6.07, 6.45) is 21.7. The van der Waals surface area contributed by atoms with Gasteiger partial charge >= 0.3 is 0 Å². The molecule has 0 atom stereocenters. The third kappa shape index (κ3) is 14.3. The van der Waals surface area contributed by atoms with Crippen molar-refractivity contribution >= 4 is 11.6 Å². The van der Waals surface area contributed by atoms with Gasteiger partial charge in [0.2, 0.25) is 0 Å². The van der Waals surface area contributed by atoms with Crippen LogP contribution in [0, 0.1) is 0 Å². The second-order valence-corrected chi connectivity index (χ2v) is 6.01. The summed E-state index contributed by atoms with van der Waals surface area (Å²) in [6, 6.07) is 10.8. The van der Waals surface area contributed by atoms with E-state index in [9.17, 15) is 0 Å². The zero-order valence-corrected chi connectivity index (χ0v) is 16.4. The summed E-state index contributed by atoms with van der Waals surface area (Å²) in [5.74, 6) is 0. The molecule has 0 N–H and O–H groups in total. The lowest BCUT2D eigenvalue weighted by atomic mass is 10.0. The van der Waals surface area contributed by atoms with E-state index in [1.165, 1.54) is 68.9 Å². The molecule has 1 heteroatoms. The summed E-state index contributed by atoms with van der Waals surface area (Å²) >= 11 is 4.64. The zero-order chi connectivity index (χ0) is 17.9. The molecule has 1 aliphatic carbocycles. The van der Waals surface area contributed by atoms with Gasteiger partial charge in [0, 0.05) is 6.38 Å². The molecule has 0 spiro atoms.